The zero-order chi connectivity index (χ0) is 14.5. The number of nitrogens with two attached hydrogens (primary N) is 1. The average Bonchev–Trinajstić information content (AvgIpc) is 2.44. The van der Waals surface area contributed by atoms with E-state index in [4.69, 9.17) is 10.5 Å². The summed E-state index contributed by atoms with van der Waals surface area (Å²) in [6.07, 6.45) is 1.51. The van der Waals surface area contributed by atoms with E-state index in [0.29, 0.717) is 18.8 Å². The number of benzene rings is 1. The molecular weight excluding hydrogens is 266 g/mol. The van der Waals surface area contributed by atoms with E-state index in [-0.39, 0.29) is 18.4 Å². The summed E-state index contributed by atoms with van der Waals surface area (Å²) in [4.78, 5) is 11.9. The molecular formula is C14H18F2N2O2. The Morgan fingerprint density at radius 2 is 1.90 bits per heavy atom. The summed E-state index contributed by atoms with van der Waals surface area (Å²) < 4.78 is 31.2. The van der Waals surface area contributed by atoms with Crippen LogP contribution in [0.3, 0.4) is 0 Å². The molecule has 0 aromatic heterocycles. The molecule has 1 aliphatic heterocycles. The summed E-state index contributed by atoms with van der Waals surface area (Å²) in [6, 6.07) is 2.54. The zero-order valence-electron chi connectivity index (χ0n) is 11.1. The van der Waals surface area contributed by atoms with Crippen molar-refractivity contribution in [2.75, 3.05) is 13.2 Å². The summed E-state index contributed by atoms with van der Waals surface area (Å²) in [5.41, 5.74) is 6.27. The number of hydrogen-bond donors (Lipinski definition) is 2. The van der Waals surface area contributed by atoms with Gasteiger partial charge in [0.05, 0.1) is 6.04 Å². The molecule has 2 rings (SSSR count). The molecule has 1 saturated heterocycles. The third kappa shape index (κ3) is 3.98. The predicted molar refractivity (Wildman–Crippen MR) is 69.7 cm³/mol. The van der Waals surface area contributed by atoms with Crippen LogP contribution in [0.4, 0.5) is 8.78 Å². The van der Waals surface area contributed by atoms with E-state index in [1.54, 1.807) is 0 Å². The molecule has 1 amide bonds. The lowest BCUT2D eigenvalue weighted by Gasteiger charge is -2.26. The highest BCUT2D eigenvalue weighted by Gasteiger charge is 2.26. The van der Waals surface area contributed by atoms with Crippen molar-refractivity contribution in [1.82, 2.24) is 5.32 Å². The summed E-state index contributed by atoms with van der Waals surface area (Å²) in [5, 5.41) is 2.61. The van der Waals surface area contributed by atoms with Crippen LogP contribution in [-0.4, -0.2) is 25.2 Å². The Hall–Kier alpha value is -1.53. The number of nitrogens with one attached hydrogen (secondary N) is 1. The SMILES string of the molecule is NC(C(=O)NCc1cc(F)cc(F)c1)C1CCOCC1. The number of carbonyl (C=O) groups is 1. The van der Waals surface area contributed by atoms with Gasteiger partial charge in [0.1, 0.15) is 11.6 Å². The molecule has 1 fully saturated rings. The standard InChI is InChI=1S/C14H18F2N2O2/c15-11-5-9(6-12(16)7-11)8-18-14(19)13(17)10-1-3-20-4-2-10/h5-7,10,13H,1-4,8,17H2,(H,18,19). The number of rotatable bonds is 4. The van der Waals surface area contributed by atoms with Gasteiger partial charge in [-0.25, -0.2) is 8.78 Å². The lowest BCUT2D eigenvalue weighted by Crippen LogP contribution is -2.46. The van der Waals surface area contributed by atoms with Crippen LogP contribution in [0, 0.1) is 17.6 Å². The number of halogens is 2. The van der Waals surface area contributed by atoms with Gasteiger partial charge in [-0.1, -0.05) is 0 Å². The monoisotopic (exact) mass is 284 g/mol. The molecule has 1 aromatic rings. The fourth-order valence-electron chi connectivity index (χ4n) is 2.31. The number of hydrogen-bond acceptors (Lipinski definition) is 3. The highest BCUT2D eigenvalue weighted by molar-refractivity contribution is 5.81. The third-order valence-electron chi connectivity index (χ3n) is 3.47. The molecule has 0 bridgehead atoms. The van der Waals surface area contributed by atoms with Crippen LogP contribution in [0.15, 0.2) is 18.2 Å². The lowest BCUT2D eigenvalue weighted by atomic mass is 9.92. The van der Waals surface area contributed by atoms with Crippen molar-refractivity contribution in [2.24, 2.45) is 11.7 Å². The van der Waals surface area contributed by atoms with Gasteiger partial charge in [0.2, 0.25) is 5.91 Å². The summed E-state index contributed by atoms with van der Waals surface area (Å²) in [7, 11) is 0. The molecule has 0 saturated carbocycles. The third-order valence-corrected chi connectivity index (χ3v) is 3.47. The highest BCUT2D eigenvalue weighted by atomic mass is 19.1. The van der Waals surface area contributed by atoms with E-state index in [1.165, 1.54) is 12.1 Å². The highest BCUT2D eigenvalue weighted by Crippen LogP contribution is 2.17. The minimum atomic E-state index is -0.664. The molecule has 4 nitrogen and oxygen atoms in total. The van der Waals surface area contributed by atoms with Gasteiger partial charge in [0, 0.05) is 25.8 Å². The molecule has 1 atom stereocenters. The maximum atomic E-state index is 13.0. The average molecular weight is 284 g/mol. The molecule has 1 heterocycles. The van der Waals surface area contributed by atoms with Crippen LogP contribution in [0.1, 0.15) is 18.4 Å². The minimum Gasteiger partial charge on any atom is -0.381 e. The Morgan fingerprint density at radius 1 is 1.30 bits per heavy atom. The Labute approximate surface area is 116 Å². The van der Waals surface area contributed by atoms with Gasteiger partial charge in [0.15, 0.2) is 0 Å². The van der Waals surface area contributed by atoms with Gasteiger partial charge in [-0.15, -0.1) is 0 Å². The molecule has 6 heteroatoms. The van der Waals surface area contributed by atoms with E-state index >= 15 is 0 Å². The molecule has 0 aliphatic carbocycles. The first-order chi connectivity index (χ1) is 9.56. The van der Waals surface area contributed by atoms with Gasteiger partial charge in [-0.3, -0.25) is 4.79 Å². The van der Waals surface area contributed by atoms with Gasteiger partial charge in [-0.05, 0) is 36.5 Å². The molecule has 1 aliphatic rings. The van der Waals surface area contributed by atoms with E-state index in [2.05, 4.69) is 5.32 Å². The van der Waals surface area contributed by atoms with Crippen molar-refractivity contribution < 1.29 is 18.3 Å². The van der Waals surface area contributed by atoms with Crippen molar-refractivity contribution in [1.29, 1.82) is 0 Å². The van der Waals surface area contributed by atoms with E-state index in [9.17, 15) is 13.6 Å². The van der Waals surface area contributed by atoms with Gasteiger partial charge in [0.25, 0.3) is 0 Å². The second kappa shape index (κ2) is 6.76. The van der Waals surface area contributed by atoms with E-state index < -0.39 is 17.7 Å². The Bertz CT molecular complexity index is 456. The maximum absolute atomic E-state index is 13.0. The van der Waals surface area contributed by atoms with Crippen molar-refractivity contribution >= 4 is 5.91 Å². The Morgan fingerprint density at radius 3 is 2.50 bits per heavy atom. The van der Waals surface area contributed by atoms with Crippen LogP contribution >= 0.6 is 0 Å². The van der Waals surface area contributed by atoms with Gasteiger partial charge in [-0.2, -0.15) is 0 Å². The molecule has 0 spiro atoms. The molecule has 20 heavy (non-hydrogen) atoms. The molecule has 0 radical (unpaired) electrons. The fraction of sp³-hybridized carbons (Fsp3) is 0.500. The smallest absolute Gasteiger partial charge is 0.237 e. The first-order valence-corrected chi connectivity index (χ1v) is 6.62. The van der Waals surface area contributed by atoms with Crippen LogP contribution in [0.5, 0.6) is 0 Å². The molecule has 3 N–H and O–H groups in total. The number of ether oxygens (including phenoxy) is 1. The molecule has 110 valence electrons. The molecule has 1 aromatic carbocycles. The summed E-state index contributed by atoms with van der Waals surface area (Å²) in [5.74, 6) is -1.54. The second-order valence-electron chi connectivity index (χ2n) is 4.97. The first kappa shape index (κ1) is 14.9. The van der Waals surface area contributed by atoms with Crippen LogP contribution in [0.25, 0.3) is 0 Å². The predicted octanol–water partition coefficient (Wildman–Crippen LogP) is 1.33. The summed E-state index contributed by atoms with van der Waals surface area (Å²) >= 11 is 0. The van der Waals surface area contributed by atoms with Crippen LogP contribution in [0.2, 0.25) is 0 Å². The van der Waals surface area contributed by atoms with Crippen molar-refractivity contribution in [2.45, 2.75) is 25.4 Å². The second-order valence-corrected chi connectivity index (χ2v) is 4.97. The minimum absolute atomic E-state index is 0.0600. The van der Waals surface area contributed by atoms with Crippen molar-refractivity contribution in [3.8, 4) is 0 Å². The van der Waals surface area contributed by atoms with Crippen molar-refractivity contribution in [3.05, 3.63) is 35.4 Å². The summed E-state index contributed by atoms with van der Waals surface area (Å²) in [6.45, 7) is 1.28. The number of carbonyl (C=O) groups excluding carboxylic acids is 1. The lowest BCUT2D eigenvalue weighted by molar-refractivity contribution is -0.124. The van der Waals surface area contributed by atoms with Gasteiger partial charge >= 0.3 is 0 Å². The van der Waals surface area contributed by atoms with Crippen LogP contribution < -0.4 is 11.1 Å². The number of amides is 1. The largest absolute Gasteiger partial charge is 0.381 e. The Kier molecular flexibility index (Phi) is 5.03. The first-order valence-electron chi connectivity index (χ1n) is 6.62. The quantitative estimate of drug-likeness (QED) is 0.877. The normalized spacial score (nSPS) is 17.8. The van der Waals surface area contributed by atoms with E-state index in [0.717, 1.165) is 18.9 Å². The van der Waals surface area contributed by atoms with E-state index in [1.807, 2.05) is 0 Å². The topological polar surface area (TPSA) is 64.4 Å². The zero-order valence-corrected chi connectivity index (χ0v) is 11.1. The van der Waals surface area contributed by atoms with Gasteiger partial charge < -0.3 is 15.8 Å². The van der Waals surface area contributed by atoms with Crippen LogP contribution in [-0.2, 0) is 16.1 Å². The maximum Gasteiger partial charge on any atom is 0.237 e. The van der Waals surface area contributed by atoms with Crippen molar-refractivity contribution in [3.63, 3.8) is 0 Å². The Balaban J connectivity index is 1.87. The fourth-order valence-corrected chi connectivity index (χ4v) is 2.31. The molecule has 1 unspecified atom stereocenters.